The first kappa shape index (κ1) is 18.6. The first-order valence-electron chi connectivity index (χ1n) is 8.17. The van der Waals surface area contributed by atoms with Gasteiger partial charge in [-0.2, -0.15) is 0 Å². The van der Waals surface area contributed by atoms with E-state index >= 15 is 0 Å². The number of amides is 1. The SMILES string of the molecule is Cc1cccc(CSCC(=O)NC(CN(C)C)c2ccccc2)c1. The summed E-state index contributed by atoms with van der Waals surface area (Å²) in [5.41, 5.74) is 3.66. The third kappa shape index (κ3) is 6.38. The van der Waals surface area contributed by atoms with Crippen LogP contribution in [-0.4, -0.2) is 37.2 Å². The highest BCUT2D eigenvalue weighted by Gasteiger charge is 2.15. The van der Waals surface area contributed by atoms with Crippen LogP contribution in [0.15, 0.2) is 54.6 Å². The van der Waals surface area contributed by atoms with E-state index in [1.807, 2.05) is 32.3 Å². The Morgan fingerprint density at radius 3 is 2.54 bits per heavy atom. The molecule has 1 amide bonds. The normalized spacial score (nSPS) is 12.2. The monoisotopic (exact) mass is 342 g/mol. The first-order chi connectivity index (χ1) is 11.5. The Kier molecular flexibility index (Phi) is 7.35. The lowest BCUT2D eigenvalue weighted by molar-refractivity contribution is -0.119. The average molecular weight is 343 g/mol. The number of likely N-dealkylation sites (N-methyl/N-ethyl adjacent to an activating group) is 1. The predicted octanol–water partition coefficient (Wildman–Crippen LogP) is 3.65. The Balaban J connectivity index is 1.86. The predicted molar refractivity (Wildman–Crippen MR) is 103 cm³/mol. The van der Waals surface area contributed by atoms with E-state index < -0.39 is 0 Å². The van der Waals surface area contributed by atoms with Crippen molar-refractivity contribution < 1.29 is 4.79 Å². The summed E-state index contributed by atoms with van der Waals surface area (Å²) in [7, 11) is 4.04. The Labute approximate surface area is 149 Å². The van der Waals surface area contributed by atoms with Gasteiger partial charge < -0.3 is 10.2 Å². The van der Waals surface area contributed by atoms with Crippen LogP contribution < -0.4 is 5.32 Å². The number of nitrogens with zero attached hydrogens (tertiary/aromatic N) is 1. The summed E-state index contributed by atoms with van der Waals surface area (Å²) >= 11 is 1.65. The molecule has 0 aromatic heterocycles. The minimum atomic E-state index is 0.0215. The molecular weight excluding hydrogens is 316 g/mol. The number of carbonyl (C=O) groups is 1. The van der Waals surface area contributed by atoms with Crippen LogP contribution in [0, 0.1) is 6.92 Å². The molecule has 128 valence electrons. The number of rotatable bonds is 8. The molecule has 0 aliphatic heterocycles. The smallest absolute Gasteiger partial charge is 0.230 e. The number of benzene rings is 2. The number of hydrogen-bond donors (Lipinski definition) is 1. The van der Waals surface area contributed by atoms with E-state index in [1.165, 1.54) is 11.1 Å². The molecule has 4 heteroatoms. The van der Waals surface area contributed by atoms with Crippen molar-refractivity contribution in [3.8, 4) is 0 Å². The molecule has 2 aromatic rings. The lowest BCUT2D eigenvalue weighted by Gasteiger charge is -2.22. The summed E-state index contributed by atoms with van der Waals surface area (Å²) in [6, 6.07) is 18.6. The molecule has 0 radical (unpaired) electrons. The van der Waals surface area contributed by atoms with Crippen molar-refractivity contribution in [1.82, 2.24) is 10.2 Å². The lowest BCUT2D eigenvalue weighted by atomic mass is 10.1. The zero-order chi connectivity index (χ0) is 17.4. The molecule has 1 atom stereocenters. The minimum absolute atomic E-state index is 0.0215. The van der Waals surface area contributed by atoms with Gasteiger partial charge in [-0.05, 0) is 32.1 Å². The van der Waals surface area contributed by atoms with E-state index in [4.69, 9.17) is 0 Å². The van der Waals surface area contributed by atoms with E-state index in [9.17, 15) is 4.79 Å². The number of hydrogen-bond acceptors (Lipinski definition) is 3. The van der Waals surface area contributed by atoms with Crippen LogP contribution in [0.25, 0.3) is 0 Å². The molecule has 3 nitrogen and oxygen atoms in total. The lowest BCUT2D eigenvalue weighted by Crippen LogP contribution is -2.36. The highest BCUT2D eigenvalue weighted by atomic mass is 32.2. The third-order valence-electron chi connectivity index (χ3n) is 3.67. The van der Waals surface area contributed by atoms with Gasteiger partial charge in [-0.3, -0.25) is 4.79 Å². The van der Waals surface area contributed by atoms with Gasteiger partial charge in [0.05, 0.1) is 11.8 Å². The van der Waals surface area contributed by atoms with Gasteiger partial charge in [0.2, 0.25) is 5.91 Å². The van der Waals surface area contributed by atoms with Gasteiger partial charge in [0.25, 0.3) is 0 Å². The van der Waals surface area contributed by atoms with Crippen LogP contribution >= 0.6 is 11.8 Å². The molecule has 0 aliphatic rings. The second kappa shape index (κ2) is 9.50. The topological polar surface area (TPSA) is 32.3 Å². The van der Waals surface area contributed by atoms with Gasteiger partial charge in [-0.15, -0.1) is 11.8 Å². The second-order valence-corrected chi connectivity index (χ2v) is 7.26. The zero-order valence-corrected chi connectivity index (χ0v) is 15.5. The summed E-state index contributed by atoms with van der Waals surface area (Å²) < 4.78 is 0. The van der Waals surface area contributed by atoms with Crippen LogP contribution in [0.4, 0.5) is 0 Å². The van der Waals surface area contributed by atoms with Crippen LogP contribution in [0.3, 0.4) is 0 Å². The summed E-state index contributed by atoms with van der Waals surface area (Å²) in [4.78, 5) is 14.4. The maximum Gasteiger partial charge on any atom is 0.230 e. The number of nitrogens with one attached hydrogen (secondary N) is 1. The Morgan fingerprint density at radius 1 is 1.12 bits per heavy atom. The largest absolute Gasteiger partial charge is 0.347 e. The summed E-state index contributed by atoms with van der Waals surface area (Å²) in [6.45, 7) is 2.88. The number of aryl methyl sites for hydroxylation is 1. The van der Waals surface area contributed by atoms with Crippen molar-refractivity contribution in [3.63, 3.8) is 0 Å². The van der Waals surface area contributed by atoms with Crippen molar-refractivity contribution in [2.24, 2.45) is 0 Å². The van der Waals surface area contributed by atoms with Crippen molar-refractivity contribution >= 4 is 17.7 Å². The maximum atomic E-state index is 12.3. The van der Waals surface area contributed by atoms with Crippen molar-refractivity contribution in [2.75, 3.05) is 26.4 Å². The molecule has 2 rings (SSSR count). The average Bonchev–Trinajstić information content (AvgIpc) is 2.55. The minimum Gasteiger partial charge on any atom is -0.347 e. The van der Waals surface area contributed by atoms with Crippen LogP contribution in [-0.2, 0) is 10.5 Å². The molecule has 0 saturated heterocycles. The fourth-order valence-corrected chi connectivity index (χ4v) is 3.37. The van der Waals surface area contributed by atoms with Gasteiger partial charge in [-0.25, -0.2) is 0 Å². The fraction of sp³-hybridized carbons (Fsp3) is 0.350. The van der Waals surface area contributed by atoms with Gasteiger partial charge in [0.1, 0.15) is 0 Å². The van der Waals surface area contributed by atoms with E-state index in [1.54, 1.807) is 11.8 Å². The Morgan fingerprint density at radius 2 is 1.88 bits per heavy atom. The molecule has 0 aliphatic carbocycles. The molecule has 0 fully saturated rings. The molecule has 2 aromatic carbocycles. The number of thioether (sulfide) groups is 1. The number of carbonyl (C=O) groups excluding carboxylic acids is 1. The van der Waals surface area contributed by atoms with Gasteiger partial charge in [0, 0.05) is 12.3 Å². The van der Waals surface area contributed by atoms with E-state index in [-0.39, 0.29) is 11.9 Å². The second-order valence-electron chi connectivity index (χ2n) is 6.27. The Hall–Kier alpha value is -1.78. The molecular formula is C20H26N2OS. The third-order valence-corrected chi connectivity index (χ3v) is 4.67. The summed E-state index contributed by atoms with van der Waals surface area (Å²) in [5.74, 6) is 1.42. The van der Waals surface area contributed by atoms with Crippen molar-refractivity contribution in [2.45, 2.75) is 18.7 Å². The molecule has 0 bridgehead atoms. The first-order valence-corrected chi connectivity index (χ1v) is 9.32. The highest BCUT2D eigenvalue weighted by Crippen LogP contribution is 2.16. The van der Waals surface area contributed by atoms with Gasteiger partial charge >= 0.3 is 0 Å². The van der Waals surface area contributed by atoms with Crippen LogP contribution in [0.1, 0.15) is 22.7 Å². The van der Waals surface area contributed by atoms with Crippen LogP contribution in [0.2, 0.25) is 0 Å². The van der Waals surface area contributed by atoms with Gasteiger partial charge in [-0.1, -0.05) is 60.2 Å². The molecule has 24 heavy (non-hydrogen) atoms. The highest BCUT2D eigenvalue weighted by molar-refractivity contribution is 7.99. The molecule has 1 unspecified atom stereocenters. The molecule has 0 spiro atoms. The standard InChI is InChI=1S/C20H26N2OS/c1-16-8-7-9-17(12-16)14-24-15-20(23)21-19(13-22(2)3)18-10-5-4-6-11-18/h4-12,19H,13-15H2,1-3H3,(H,21,23). The van der Waals surface area contributed by atoms with E-state index in [0.29, 0.717) is 5.75 Å². The van der Waals surface area contributed by atoms with E-state index in [2.05, 4.69) is 53.5 Å². The molecule has 0 saturated carbocycles. The quantitative estimate of drug-likeness (QED) is 0.795. The zero-order valence-electron chi connectivity index (χ0n) is 14.7. The molecule has 1 N–H and O–H groups in total. The molecule has 0 heterocycles. The van der Waals surface area contributed by atoms with E-state index in [0.717, 1.165) is 17.9 Å². The summed E-state index contributed by atoms with van der Waals surface area (Å²) in [5, 5.41) is 3.16. The van der Waals surface area contributed by atoms with Crippen LogP contribution in [0.5, 0.6) is 0 Å². The van der Waals surface area contributed by atoms with Crippen molar-refractivity contribution in [3.05, 3.63) is 71.3 Å². The maximum absolute atomic E-state index is 12.3. The van der Waals surface area contributed by atoms with Gasteiger partial charge in [0.15, 0.2) is 0 Å². The Bertz CT molecular complexity index is 643. The fourth-order valence-electron chi connectivity index (χ4n) is 2.58. The summed E-state index contributed by atoms with van der Waals surface area (Å²) in [6.07, 6.45) is 0. The van der Waals surface area contributed by atoms with Crippen molar-refractivity contribution in [1.29, 1.82) is 0 Å².